The van der Waals surface area contributed by atoms with Crippen molar-refractivity contribution < 1.29 is 9.53 Å². The largest absolute Gasteiger partial charge is 0.497 e. The van der Waals surface area contributed by atoms with Crippen molar-refractivity contribution in [3.8, 4) is 11.4 Å². The topological polar surface area (TPSA) is 84.8 Å². The second-order valence-corrected chi connectivity index (χ2v) is 9.21. The third-order valence-electron chi connectivity index (χ3n) is 6.15. The molecule has 0 spiro atoms. The minimum absolute atomic E-state index is 0.0416. The van der Waals surface area contributed by atoms with Gasteiger partial charge in [-0.3, -0.25) is 9.89 Å². The lowest BCUT2D eigenvalue weighted by Gasteiger charge is -2.35. The summed E-state index contributed by atoms with van der Waals surface area (Å²) in [6.07, 6.45) is 6.00. The van der Waals surface area contributed by atoms with Crippen LogP contribution in [0.2, 0.25) is 0 Å². The summed E-state index contributed by atoms with van der Waals surface area (Å²) in [6.45, 7) is 4.47. The summed E-state index contributed by atoms with van der Waals surface area (Å²) < 4.78 is 7.25. The van der Waals surface area contributed by atoms with Gasteiger partial charge in [0.25, 0.3) is 5.91 Å². The molecule has 1 atom stereocenters. The summed E-state index contributed by atoms with van der Waals surface area (Å²) in [4.78, 5) is 12.9. The highest BCUT2D eigenvalue weighted by atomic mass is 16.5. The molecular formula is C23H27N5O2. The maximum Gasteiger partial charge on any atom is 0.272 e. The molecule has 5 rings (SSSR count). The van der Waals surface area contributed by atoms with Gasteiger partial charge in [0.15, 0.2) is 0 Å². The zero-order valence-electron chi connectivity index (χ0n) is 17.6. The van der Waals surface area contributed by atoms with Crippen molar-refractivity contribution in [2.45, 2.75) is 51.5 Å². The minimum atomic E-state index is -0.135. The van der Waals surface area contributed by atoms with Gasteiger partial charge in [-0.25, -0.2) is 4.68 Å². The van der Waals surface area contributed by atoms with Gasteiger partial charge in [-0.15, -0.1) is 0 Å². The molecule has 0 aliphatic heterocycles. The SMILES string of the molecule is COc1ccc(-n2ncc3c2CC(C)(C)C[C@@H]3NC(=O)c2cc(C3CC3)[nH]n2)cc1. The third kappa shape index (κ3) is 3.49. The standard InChI is InChI=1S/C23H27N5O2/c1-23(2)11-20(25-22(29)19-10-18(26-27-19)14-4-5-14)17-13-24-28(21(17)12-23)15-6-8-16(30-3)9-7-15/h6-10,13-14,20H,4-5,11-12H2,1-3H3,(H,25,29)(H,26,27)/t20-/m0/s1. The van der Waals surface area contributed by atoms with E-state index in [4.69, 9.17) is 4.74 Å². The molecule has 2 aromatic heterocycles. The summed E-state index contributed by atoms with van der Waals surface area (Å²) in [5.74, 6) is 1.22. The van der Waals surface area contributed by atoms with Crippen molar-refractivity contribution in [1.29, 1.82) is 0 Å². The Hall–Kier alpha value is -3.09. The number of H-pyrrole nitrogens is 1. The first-order valence-electron chi connectivity index (χ1n) is 10.5. The third-order valence-corrected chi connectivity index (χ3v) is 6.15. The maximum absolute atomic E-state index is 12.9. The lowest BCUT2D eigenvalue weighted by Crippen LogP contribution is -2.37. The van der Waals surface area contributed by atoms with Gasteiger partial charge in [-0.05, 0) is 61.4 Å². The summed E-state index contributed by atoms with van der Waals surface area (Å²) in [5, 5.41) is 15.1. The zero-order valence-corrected chi connectivity index (χ0v) is 17.6. The highest BCUT2D eigenvalue weighted by Gasteiger charge is 2.36. The van der Waals surface area contributed by atoms with Crippen LogP contribution in [0.3, 0.4) is 0 Å². The van der Waals surface area contributed by atoms with Gasteiger partial charge in [-0.1, -0.05) is 13.8 Å². The quantitative estimate of drug-likeness (QED) is 0.674. The van der Waals surface area contributed by atoms with E-state index in [1.807, 2.05) is 41.2 Å². The number of carbonyl (C=O) groups excluding carboxylic acids is 1. The summed E-state index contributed by atoms with van der Waals surface area (Å²) >= 11 is 0. The molecule has 2 aliphatic carbocycles. The number of fused-ring (bicyclic) bond motifs is 1. The number of hydrogen-bond acceptors (Lipinski definition) is 4. The Kier molecular flexibility index (Phi) is 4.41. The van der Waals surface area contributed by atoms with Crippen LogP contribution in [0.4, 0.5) is 0 Å². The van der Waals surface area contributed by atoms with Crippen LogP contribution in [0.15, 0.2) is 36.5 Å². The van der Waals surface area contributed by atoms with Crippen LogP contribution in [0.5, 0.6) is 5.75 Å². The smallest absolute Gasteiger partial charge is 0.272 e. The van der Waals surface area contributed by atoms with Gasteiger partial charge in [0.05, 0.1) is 30.7 Å². The van der Waals surface area contributed by atoms with Gasteiger partial charge in [0, 0.05) is 17.2 Å². The monoisotopic (exact) mass is 405 g/mol. The Balaban J connectivity index is 1.42. The van der Waals surface area contributed by atoms with Crippen LogP contribution in [-0.4, -0.2) is 33.0 Å². The van der Waals surface area contributed by atoms with Crippen molar-refractivity contribution in [2.24, 2.45) is 5.41 Å². The van der Waals surface area contributed by atoms with Crippen molar-refractivity contribution in [3.63, 3.8) is 0 Å². The number of amides is 1. The molecule has 30 heavy (non-hydrogen) atoms. The number of benzene rings is 1. The highest BCUT2D eigenvalue weighted by molar-refractivity contribution is 5.92. The van der Waals surface area contributed by atoms with E-state index in [1.165, 1.54) is 12.8 Å². The van der Waals surface area contributed by atoms with Crippen LogP contribution in [-0.2, 0) is 6.42 Å². The number of carbonyl (C=O) groups is 1. The second-order valence-electron chi connectivity index (χ2n) is 9.21. The first kappa shape index (κ1) is 18.9. The summed E-state index contributed by atoms with van der Waals surface area (Å²) in [6, 6.07) is 9.68. The number of rotatable bonds is 5. The molecule has 1 fully saturated rings. The van der Waals surface area contributed by atoms with Crippen molar-refractivity contribution in [2.75, 3.05) is 7.11 Å². The molecular weight excluding hydrogens is 378 g/mol. The number of nitrogens with one attached hydrogen (secondary N) is 2. The molecule has 2 heterocycles. The van der Waals surface area contributed by atoms with Gasteiger partial charge >= 0.3 is 0 Å². The van der Waals surface area contributed by atoms with Crippen LogP contribution < -0.4 is 10.1 Å². The Morgan fingerprint density at radius 3 is 2.73 bits per heavy atom. The molecule has 2 aliphatic rings. The molecule has 1 saturated carbocycles. The molecule has 2 N–H and O–H groups in total. The first-order chi connectivity index (χ1) is 14.4. The number of hydrogen-bond donors (Lipinski definition) is 2. The number of nitrogens with zero attached hydrogens (tertiary/aromatic N) is 3. The van der Waals surface area contributed by atoms with E-state index in [9.17, 15) is 4.79 Å². The fourth-order valence-electron chi connectivity index (χ4n) is 4.41. The van der Waals surface area contributed by atoms with Crippen LogP contribution in [0.25, 0.3) is 5.69 Å². The molecule has 0 radical (unpaired) electrons. The average molecular weight is 406 g/mol. The van der Waals surface area contributed by atoms with Crippen molar-refractivity contribution in [1.82, 2.24) is 25.3 Å². The Bertz CT molecular complexity index is 1080. The van der Waals surface area contributed by atoms with Crippen molar-refractivity contribution in [3.05, 3.63) is 59.2 Å². The summed E-state index contributed by atoms with van der Waals surface area (Å²) in [7, 11) is 1.66. The molecule has 0 bridgehead atoms. The van der Waals surface area contributed by atoms with E-state index < -0.39 is 0 Å². The summed E-state index contributed by atoms with van der Waals surface area (Å²) in [5.41, 5.74) is 4.78. The molecule has 7 nitrogen and oxygen atoms in total. The lowest BCUT2D eigenvalue weighted by molar-refractivity contribution is 0.0914. The average Bonchev–Trinajstić information content (AvgIpc) is 3.30. The number of methoxy groups -OCH3 is 1. The van der Waals surface area contributed by atoms with E-state index >= 15 is 0 Å². The predicted molar refractivity (Wildman–Crippen MR) is 113 cm³/mol. The van der Waals surface area contributed by atoms with E-state index in [0.717, 1.165) is 41.2 Å². The minimum Gasteiger partial charge on any atom is -0.497 e. The Morgan fingerprint density at radius 1 is 1.27 bits per heavy atom. The zero-order chi connectivity index (χ0) is 20.9. The second kappa shape index (κ2) is 7.00. The highest BCUT2D eigenvalue weighted by Crippen LogP contribution is 2.42. The molecule has 1 aromatic carbocycles. The van der Waals surface area contributed by atoms with Gasteiger partial charge < -0.3 is 10.1 Å². The van der Waals surface area contributed by atoms with E-state index in [0.29, 0.717) is 11.6 Å². The fourth-order valence-corrected chi connectivity index (χ4v) is 4.41. The van der Waals surface area contributed by atoms with Gasteiger partial charge in [0.2, 0.25) is 0 Å². The molecule has 3 aromatic rings. The van der Waals surface area contributed by atoms with Crippen molar-refractivity contribution >= 4 is 5.91 Å². The molecule has 0 unspecified atom stereocenters. The predicted octanol–water partition coefficient (Wildman–Crippen LogP) is 3.92. The first-order valence-corrected chi connectivity index (χ1v) is 10.5. The molecule has 1 amide bonds. The van der Waals surface area contributed by atoms with Gasteiger partial charge in [0.1, 0.15) is 11.4 Å². The van der Waals surface area contributed by atoms with Crippen LogP contribution >= 0.6 is 0 Å². The fraction of sp³-hybridized carbons (Fsp3) is 0.435. The van der Waals surface area contributed by atoms with Crippen LogP contribution in [0, 0.1) is 5.41 Å². The number of aromatic amines is 1. The number of aromatic nitrogens is 4. The van der Waals surface area contributed by atoms with E-state index in [2.05, 4.69) is 34.5 Å². The Labute approximate surface area is 175 Å². The normalized spacial score (nSPS) is 19.9. The van der Waals surface area contributed by atoms with E-state index in [1.54, 1.807) is 7.11 Å². The Morgan fingerprint density at radius 2 is 2.03 bits per heavy atom. The molecule has 7 heteroatoms. The van der Waals surface area contributed by atoms with Gasteiger partial charge in [-0.2, -0.15) is 10.2 Å². The molecule has 0 saturated heterocycles. The van der Waals surface area contributed by atoms with E-state index in [-0.39, 0.29) is 17.4 Å². The lowest BCUT2D eigenvalue weighted by atomic mass is 9.74. The van der Waals surface area contributed by atoms with Crippen LogP contribution in [0.1, 0.15) is 72.5 Å². The maximum atomic E-state index is 12.9. The number of ether oxygens (including phenoxy) is 1. The molecule has 156 valence electrons.